The van der Waals surface area contributed by atoms with E-state index < -0.39 is 12.1 Å². The quantitative estimate of drug-likeness (QED) is 0.706. The zero-order valence-electron chi connectivity index (χ0n) is 13.5. The second kappa shape index (κ2) is 8.45. The maximum absolute atomic E-state index is 12.2. The Morgan fingerprint density at radius 3 is 2.09 bits per heavy atom. The Kier molecular flexibility index (Phi) is 6.59. The van der Waals surface area contributed by atoms with Crippen LogP contribution in [0.25, 0.3) is 0 Å². The molecule has 1 aliphatic rings. The van der Waals surface area contributed by atoms with Gasteiger partial charge < -0.3 is 9.47 Å². The molecule has 1 heterocycles. The molecular weight excluding hydrogens is 362 g/mol. The molecule has 2 rings (SSSR count). The second-order valence-electron chi connectivity index (χ2n) is 5.38. The van der Waals surface area contributed by atoms with Crippen LogP contribution in [0.3, 0.4) is 0 Å². The van der Waals surface area contributed by atoms with E-state index in [1.807, 2.05) is 29.2 Å². The molecule has 1 aromatic rings. The topological polar surface area (TPSA) is 55.8 Å². The minimum atomic E-state index is -0.406. The van der Waals surface area contributed by atoms with Crippen LogP contribution >= 0.6 is 15.9 Å². The monoisotopic (exact) mass is 383 g/mol. The summed E-state index contributed by atoms with van der Waals surface area (Å²) in [5.41, 5.74) is 1.03. The van der Waals surface area contributed by atoms with Gasteiger partial charge in [0.2, 0.25) is 0 Å². The van der Waals surface area contributed by atoms with Crippen molar-refractivity contribution in [3.05, 3.63) is 34.3 Å². The summed E-state index contributed by atoms with van der Waals surface area (Å²) in [6.07, 6.45) is 1.21. The predicted octanol–water partition coefficient (Wildman–Crippen LogP) is 2.91. The summed E-state index contributed by atoms with van der Waals surface area (Å²) >= 11 is 3.52. The number of likely N-dealkylation sites (tertiary alicyclic amines) is 1. The van der Waals surface area contributed by atoms with Gasteiger partial charge in [-0.15, -0.1) is 0 Å². The van der Waals surface area contributed by atoms with Crippen LogP contribution in [-0.4, -0.2) is 42.1 Å². The normalized spacial score (nSPS) is 21.2. The van der Waals surface area contributed by atoms with Crippen LogP contribution < -0.4 is 0 Å². The smallest absolute Gasteiger partial charge is 0.323 e. The van der Waals surface area contributed by atoms with Gasteiger partial charge >= 0.3 is 11.9 Å². The zero-order chi connectivity index (χ0) is 16.8. The fourth-order valence-corrected chi connectivity index (χ4v) is 3.30. The third-order valence-electron chi connectivity index (χ3n) is 3.94. The molecule has 0 aliphatic carbocycles. The molecule has 0 unspecified atom stereocenters. The lowest BCUT2D eigenvalue weighted by Gasteiger charge is -2.28. The number of hydrogen-bond acceptors (Lipinski definition) is 5. The first-order valence-electron chi connectivity index (χ1n) is 7.90. The van der Waals surface area contributed by atoms with Gasteiger partial charge in [0.25, 0.3) is 0 Å². The van der Waals surface area contributed by atoms with E-state index >= 15 is 0 Å². The standard InChI is InChI=1S/C17H22BrNO4/c1-3-22-16(20)14-9-10-15(17(21)23-4-2)19(14)11-12-7-5-6-8-13(12)18/h5-8,14-15H,3-4,9-11H2,1-2H3/t14-,15-/m0/s1. The largest absolute Gasteiger partial charge is 0.465 e. The molecule has 2 atom stereocenters. The van der Waals surface area contributed by atoms with Crippen molar-refractivity contribution in [2.75, 3.05) is 13.2 Å². The van der Waals surface area contributed by atoms with Gasteiger partial charge in [0, 0.05) is 11.0 Å². The molecule has 1 saturated heterocycles. The van der Waals surface area contributed by atoms with Crippen LogP contribution in [0.4, 0.5) is 0 Å². The van der Waals surface area contributed by atoms with Crippen molar-refractivity contribution in [2.45, 2.75) is 45.3 Å². The summed E-state index contributed by atoms with van der Waals surface area (Å²) in [7, 11) is 0. The molecule has 0 spiro atoms. The number of hydrogen-bond donors (Lipinski definition) is 0. The fourth-order valence-electron chi connectivity index (χ4n) is 2.89. The minimum absolute atomic E-state index is 0.272. The van der Waals surface area contributed by atoms with Crippen LogP contribution in [-0.2, 0) is 25.6 Å². The van der Waals surface area contributed by atoms with Crippen molar-refractivity contribution in [1.82, 2.24) is 4.90 Å². The Balaban J connectivity index is 2.22. The average Bonchev–Trinajstić information content (AvgIpc) is 2.94. The Hall–Kier alpha value is -1.40. The number of carbonyl (C=O) groups is 2. The first-order valence-corrected chi connectivity index (χ1v) is 8.70. The zero-order valence-corrected chi connectivity index (χ0v) is 15.0. The lowest BCUT2D eigenvalue weighted by Crippen LogP contribution is -2.45. The highest BCUT2D eigenvalue weighted by Crippen LogP contribution is 2.30. The molecule has 0 N–H and O–H groups in total. The summed E-state index contributed by atoms with van der Waals surface area (Å²) < 4.78 is 11.3. The van der Waals surface area contributed by atoms with Crippen LogP contribution in [0.15, 0.2) is 28.7 Å². The van der Waals surface area contributed by atoms with Crippen molar-refractivity contribution >= 4 is 27.9 Å². The summed E-state index contributed by atoms with van der Waals surface area (Å²) in [4.78, 5) is 26.4. The number of rotatable bonds is 6. The van der Waals surface area contributed by atoms with Crippen LogP contribution in [0, 0.1) is 0 Å². The number of carbonyl (C=O) groups excluding carboxylic acids is 2. The second-order valence-corrected chi connectivity index (χ2v) is 6.23. The van der Waals surface area contributed by atoms with Crippen LogP contribution in [0.5, 0.6) is 0 Å². The molecule has 0 amide bonds. The summed E-state index contributed by atoms with van der Waals surface area (Å²) in [5.74, 6) is -0.544. The van der Waals surface area contributed by atoms with Gasteiger partial charge in [0.05, 0.1) is 13.2 Å². The summed E-state index contributed by atoms with van der Waals surface area (Å²) in [5, 5.41) is 0. The molecule has 23 heavy (non-hydrogen) atoms. The molecule has 6 heteroatoms. The maximum Gasteiger partial charge on any atom is 0.323 e. The summed E-state index contributed by atoms with van der Waals surface area (Å²) in [6, 6.07) is 6.99. The van der Waals surface area contributed by atoms with Gasteiger partial charge in [-0.3, -0.25) is 14.5 Å². The minimum Gasteiger partial charge on any atom is -0.465 e. The Morgan fingerprint density at radius 2 is 1.61 bits per heavy atom. The third kappa shape index (κ3) is 4.32. The Bertz CT molecular complexity index is 537. The van der Waals surface area contributed by atoms with E-state index in [0.717, 1.165) is 10.0 Å². The molecule has 1 fully saturated rings. The molecule has 0 radical (unpaired) electrons. The van der Waals surface area contributed by atoms with E-state index in [9.17, 15) is 9.59 Å². The average molecular weight is 384 g/mol. The van der Waals surface area contributed by atoms with Crippen molar-refractivity contribution in [3.8, 4) is 0 Å². The lowest BCUT2D eigenvalue weighted by molar-refractivity contribution is -0.153. The maximum atomic E-state index is 12.2. The SMILES string of the molecule is CCOC(=O)[C@@H]1CC[C@@H](C(=O)OCC)N1Cc1ccccc1Br. The highest BCUT2D eigenvalue weighted by molar-refractivity contribution is 9.10. The lowest BCUT2D eigenvalue weighted by atomic mass is 10.2. The van der Waals surface area contributed by atoms with Crippen LogP contribution in [0.1, 0.15) is 32.3 Å². The van der Waals surface area contributed by atoms with E-state index in [1.165, 1.54) is 0 Å². The number of nitrogens with zero attached hydrogens (tertiary/aromatic N) is 1. The van der Waals surface area contributed by atoms with Crippen LogP contribution in [0.2, 0.25) is 0 Å². The Labute approximate surface area is 145 Å². The highest BCUT2D eigenvalue weighted by Gasteiger charge is 2.43. The van der Waals surface area contributed by atoms with Gasteiger partial charge in [-0.2, -0.15) is 0 Å². The number of halogens is 1. The van der Waals surface area contributed by atoms with Crippen molar-refractivity contribution in [1.29, 1.82) is 0 Å². The number of ether oxygens (including phenoxy) is 2. The molecule has 0 bridgehead atoms. The predicted molar refractivity (Wildman–Crippen MR) is 89.8 cm³/mol. The van der Waals surface area contributed by atoms with E-state index in [4.69, 9.17) is 9.47 Å². The molecule has 126 valence electrons. The van der Waals surface area contributed by atoms with Gasteiger partial charge in [-0.25, -0.2) is 0 Å². The third-order valence-corrected chi connectivity index (χ3v) is 4.72. The summed E-state index contributed by atoms with van der Waals surface area (Å²) in [6.45, 7) is 4.74. The fraction of sp³-hybridized carbons (Fsp3) is 0.529. The van der Waals surface area contributed by atoms with E-state index in [2.05, 4.69) is 15.9 Å². The molecular formula is C17H22BrNO4. The Morgan fingerprint density at radius 1 is 1.09 bits per heavy atom. The van der Waals surface area contributed by atoms with E-state index in [1.54, 1.807) is 13.8 Å². The van der Waals surface area contributed by atoms with Crippen molar-refractivity contribution in [2.24, 2.45) is 0 Å². The molecule has 5 nitrogen and oxygen atoms in total. The first kappa shape index (κ1) is 17.9. The van der Waals surface area contributed by atoms with Gasteiger partial charge in [0.1, 0.15) is 12.1 Å². The van der Waals surface area contributed by atoms with Gasteiger partial charge in [0.15, 0.2) is 0 Å². The molecule has 0 saturated carbocycles. The number of benzene rings is 1. The van der Waals surface area contributed by atoms with E-state index in [0.29, 0.717) is 32.6 Å². The molecule has 1 aromatic carbocycles. The van der Waals surface area contributed by atoms with Gasteiger partial charge in [-0.1, -0.05) is 34.1 Å². The van der Waals surface area contributed by atoms with Gasteiger partial charge in [-0.05, 0) is 38.3 Å². The molecule has 1 aliphatic heterocycles. The van der Waals surface area contributed by atoms with E-state index in [-0.39, 0.29) is 11.9 Å². The van der Waals surface area contributed by atoms with Crippen molar-refractivity contribution in [3.63, 3.8) is 0 Å². The first-order chi connectivity index (χ1) is 11.1. The highest BCUT2D eigenvalue weighted by atomic mass is 79.9. The van der Waals surface area contributed by atoms with Crippen molar-refractivity contribution < 1.29 is 19.1 Å². The molecule has 0 aromatic heterocycles. The number of esters is 2.